The van der Waals surface area contributed by atoms with Gasteiger partial charge in [-0.15, -0.1) is 0 Å². The molecule has 0 unspecified atom stereocenters. The number of pyridine rings is 1. The maximum Gasteiger partial charge on any atom is 0.215 e. The summed E-state index contributed by atoms with van der Waals surface area (Å²) >= 11 is 0. The summed E-state index contributed by atoms with van der Waals surface area (Å²) in [7, 11) is 1.52. The third-order valence-corrected chi connectivity index (χ3v) is 2.63. The molecule has 1 heterocycles. The first-order valence-electron chi connectivity index (χ1n) is 6.02. The zero-order valence-corrected chi connectivity index (χ0v) is 10.9. The van der Waals surface area contributed by atoms with Crippen molar-refractivity contribution < 1.29 is 14.3 Å². The van der Waals surface area contributed by atoms with Crippen molar-refractivity contribution in [1.29, 1.82) is 0 Å². The van der Waals surface area contributed by atoms with Crippen molar-refractivity contribution in [3.05, 3.63) is 53.9 Å². The van der Waals surface area contributed by atoms with Gasteiger partial charge in [0.25, 0.3) is 0 Å². The summed E-state index contributed by atoms with van der Waals surface area (Å²) in [5, 5.41) is 0. The van der Waals surface area contributed by atoms with Crippen molar-refractivity contribution >= 4 is 5.78 Å². The molecule has 1 aromatic heterocycles. The molecular formula is C15H15NO3. The second-order valence-corrected chi connectivity index (χ2v) is 3.84. The van der Waals surface area contributed by atoms with Gasteiger partial charge in [0, 0.05) is 11.8 Å². The molecule has 0 fully saturated rings. The van der Waals surface area contributed by atoms with Crippen LogP contribution >= 0.6 is 0 Å². The summed E-state index contributed by atoms with van der Waals surface area (Å²) in [6.07, 6.45) is 1.57. The molecule has 0 saturated carbocycles. The summed E-state index contributed by atoms with van der Waals surface area (Å²) in [6, 6.07) is 10.4. The zero-order chi connectivity index (χ0) is 13.7. The third kappa shape index (κ3) is 2.91. The number of ether oxygens (including phenoxy) is 2. The van der Waals surface area contributed by atoms with E-state index in [2.05, 4.69) is 4.98 Å². The van der Waals surface area contributed by atoms with Crippen LogP contribution in [0, 0.1) is 0 Å². The Morgan fingerprint density at radius 1 is 1.21 bits per heavy atom. The topological polar surface area (TPSA) is 48.4 Å². The first-order valence-corrected chi connectivity index (χ1v) is 6.02. The molecule has 0 spiro atoms. The molecule has 0 radical (unpaired) electrons. The lowest BCUT2D eigenvalue weighted by atomic mass is 10.1. The first-order chi connectivity index (χ1) is 9.26. The van der Waals surface area contributed by atoms with Gasteiger partial charge < -0.3 is 9.47 Å². The second kappa shape index (κ2) is 6.00. The molecule has 0 aliphatic carbocycles. The highest BCUT2D eigenvalue weighted by Gasteiger charge is 2.15. The predicted octanol–water partition coefficient (Wildman–Crippen LogP) is 2.72. The molecule has 0 bridgehead atoms. The lowest BCUT2D eigenvalue weighted by Crippen LogP contribution is -2.06. The van der Waals surface area contributed by atoms with E-state index in [0.717, 1.165) is 5.75 Å². The summed E-state index contributed by atoms with van der Waals surface area (Å²) in [6.45, 7) is 2.51. The van der Waals surface area contributed by atoms with Gasteiger partial charge in [-0.1, -0.05) is 0 Å². The van der Waals surface area contributed by atoms with Crippen molar-refractivity contribution in [2.24, 2.45) is 0 Å². The smallest absolute Gasteiger partial charge is 0.215 e. The van der Waals surface area contributed by atoms with Gasteiger partial charge in [0.15, 0.2) is 5.69 Å². The molecule has 4 heteroatoms. The van der Waals surface area contributed by atoms with E-state index in [1.54, 1.807) is 42.6 Å². The number of ketones is 1. The maximum absolute atomic E-state index is 12.3. The van der Waals surface area contributed by atoms with Gasteiger partial charge in [-0.3, -0.25) is 4.79 Å². The molecule has 1 aromatic carbocycles. The van der Waals surface area contributed by atoms with Crippen molar-refractivity contribution in [3.8, 4) is 11.5 Å². The van der Waals surface area contributed by atoms with Crippen molar-refractivity contribution in [1.82, 2.24) is 4.98 Å². The standard InChI is InChI=1S/C15H15NO3/c1-3-19-12-8-6-11(7-9-12)15(17)14-13(18-2)5-4-10-16-14/h4-10H,3H2,1-2H3. The lowest BCUT2D eigenvalue weighted by molar-refractivity contribution is 0.103. The van der Waals surface area contributed by atoms with Gasteiger partial charge in [-0.2, -0.15) is 0 Å². The van der Waals surface area contributed by atoms with E-state index in [0.29, 0.717) is 23.6 Å². The number of methoxy groups -OCH3 is 1. The summed E-state index contributed by atoms with van der Waals surface area (Å²) in [5.74, 6) is 1.05. The van der Waals surface area contributed by atoms with Crippen molar-refractivity contribution in [3.63, 3.8) is 0 Å². The van der Waals surface area contributed by atoms with Crippen LogP contribution in [0.25, 0.3) is 0 Å². The SMILES string of the molecule is CCOc1ccc(C(=O)c2ncccc2OC)cc1. The molecule has 2 rings (SSSR count). The van der Waals surface area contributed by atoms with Crippen LogP contribution in [-0.2, 0) is 0 Å². The number of hydrogen-bond donors (Lipinski definition) is 0. The number of carbonyl (C=O) groups excluding carboxylic acids is 1. The fourth-order valence-corrected chi connectivity index (χ4v) is 1.73. The van der Waals surface area contributed by atoms with Crippen LogP contribution < -0.4 is 9.47 Å². The molecule has 0 aliphatic rings. The quantitative estimate of drug-likeness (QED) is 0.773. The highest BCUT2D eigenvalue weighted by atomic mass is 16.5. The Bertz CT molecular complexity index is 564. The van der Waals surface area contributed by atoms with Gasteiger partial charge >= 0.3 is 0 Å². The molecule has 0 aliphatic heterocycles. The molecule has 19 heavy (non-hydrogen) atoms. The van der Waals surface area contributed by atoms with Crippen LogP contribution in [0.1, 0.15) is 23.0 Å². The third-order valence-electron chi connectivity index (χ3n) is 2.63. The van der Waals surface area contributed by atoms with E-state index in [1.165, 1.54) is 7.11 Å². The van der Waals surface area contributed by atoms with Crippen molar-refractivity contribution in [2.75, 3.05) is 13.7 Å². The summed E-state index contributed by atoms with van der Waals surface area (Å²) < 4.78 is 10.5. The van der Waals surface area contributed by atoms with E-state index in [9.17, 15) is 4.79 Å². The van der Waals surface area contributed by atoms with Crippen molar-refractivity contribution in [2.45, 2.75) is 6.92 Å². The predicted molar refractivity (Wildman–Crippen MR) is 71.8 cm³/mol. The molecule has 0 N–H and O–H groups in total. The highest BCUT2D eigenvalue weighted by Crippen LogP contribution is 2.20. The summed E-state index contributed by atoms with van der Waals surface area (Å²) in [5.41, 5.74) is 0.870. The van der Waals surface area contributed by atoms with E-state index < -0.39 is 0 Å². The molecule has 2 aromatic rings. The van der Waals surface area contributed by atoms with E-state index in [4.69, 9.17) is 9.47 Å². The Morgan fingerprint density at radius 3 is 2.58 bits per heavy atom. The van der Waals surface area contributed by atoms with Crippen LogP contribution in [0.15, 0.2) is 42.6 Å². The number of benzene rings is 1. The van der Waals surface area contributed by atoms with Gasteiger partial charge in [0.2, 0.25) is 5.78 Å². The molecule has 98 valence electrons. The van der Waals surface area contributed by atoms with Gasteiger partial charge in [0.05, 0.1) is 13.7 Å². The number of hydrogen-bond acceptors (Lipinski definition) is 4. The zero-order valence-electron chi connectivity index (χ0n) is 10.9. The minimum absolute atomic E-state index is 0.166. The van der Waals surface area contributed by atoms with Gasteiger partial charge in [0.1, 0.15) is 11.5 Å². The van der Waals surface area contributed by atoms with Crippen LogP contribution in [0.5, 0.6) is 11.5 Å². The highest BCUT2D eigenvalue weighted by molar-refractivity contribution is 6.09. The van der Waals surface area contributed by atoms with Gasteiger partial charge in [-0.05, 0) is 43.3 Å². The largest absolute Gasteiger partial charge is 0.494 e. The monoisotopic (exact) mass is 257 g/mol. The van der Waals surface area contributed by atoms with E-state index in [-0.39, 0.29) is 5.78 Å². The van der Waals surface area contributed by atoms with Crippen LogP contribution in [-0.4, -0.2) is 24.5 Å². The van der Waals surface area contributed by atoms with E-state index in [1.807, 2.05) is 6.92 Å². The Balaban J connectivity index is 2.28. The van der Waals surface area contributed by atoms with E-state index >= 15 is 0 Å². The number of nitrogens with zero attached hydrogens (tertiary/aromatic N) is 1. The van der Waals surface area contributed by atoms with Crippen LogP contribution in [0.2, 0.25) is 0 Å². The number of rotatable bonds is 5. The Hall–Kier alpha value is -2.36. The molecule has 4 nitrogen and oxygen atoms in total. The molecule has 0 atom stereocenters. The Morgan fingerprint density at radius 2 is 1.95 bits per heavy atom. The average Bonchev–Trinajstić information content (AvgIpc) is 2.47. The first kappa shape index (κ1) is 13.1. The second-order valence-electron chi connectivity index (χ2n) is 3.84. The van der Waals surface area contributed by atoms with Crippen LogP contribution in [0.3, 0.4) is 0 Å². The number of carbonyl (C=O) groups is 1. The maximum atomic E-state index is 12.3. The fourth-order valence-electron chi connectivity index (χ4n) is 1.73. The molecule has 0 saturated heterocycles. The fraction of sp³-hybridized carbons (Fsp3) is 0.200. The minimum Gasteiger partial charge on any atom is -0.494 e. The Kier molecular flexibility index (Phi) is 4.13. The molecule has 0 amide bonds. The average molecular weight is 257 g/mol. The minimum atomic E-state index is -0.166. The van der Waals surface area contributed by atoms with Gasteiger partial charge in [-0.25, -0.2) is 4.98 Å². The Labute approximate surface area is 112 Å². The normalized spacial score (nSPS) is 10.0. The number of aromatic nitrogens is 1. The lowest BCUT2D eigenvalue weighted by Gasteiger charge is -2.07. The summed E-state index contributed by atoms with van der Waals surface area (Å²) in [4.78, 5) is 16.4. The molecular weight excluding hydrogens is 242 g/mol. The van der Waals surface area contributed by atoms with Crippen LogP contribution in [0.4, 0.5) is 0 Å².